The van der Waals surface area contributed by atoms with Gasteiger partial charge in [0.2, 0.25) is 5.95 Å². The highest BCUT2D eigenvalue weighted by Gasteiger charge is 2.34. The zero-order chi connectivity index (χ0) is 12.4. The SMILES string of the molecule is CCCC1Cc2nc(N)nc(N)c2C1CCC. The first-order chi connectivity index (χ1) is 8.17. The summed E-state index contributed by atoms with van der Waals surface area (Å²) in [4.78, 5) is 8.48. The quantitative estimate of drug-likeness (QED) is 0.839. The van der Waals surface area contributed by atoms with E-state index < -0.39 is 0 Å². The molecule has 0 amide bonds. The van der Waals surface area contributed by atoms with E-state index in [-0.39, 0.29) is 0 Å². The average molecular weight is 234 g/mol. The van der Waals surface area contributed by atoms with E-state index in [2.05, 4.69) is 23.8 Å². The smallest absolute Gasteiger partial charge is 0.222 e. The minimum absolute atomic E-state index is 0.314. The van der Waals surface area contributed by atoms with E-state index in [1.165, 1.54) is 31.2 Å². The highest BCUT2D eigenvalue weighted by molar-refractivity contribution is 5.51. The van der Waals surface area contributed by atoms with Crippen LogP contribution in [-0.4, -0.2) is 9.97 Å². The van der Waals surface area contributed by atoms with E-state index in [9.17, 15) is 0 Å². The molecular weight excluding hydrogens is 212 g/mol. The Labute approximate surface area is 103 Å². The van der Waals surface area contributed by atoms with Crippen molar-refractivity contribution in [3.8, 4) is 0 Å². The number of fused-ring (bicyclic) bond motifs is 1. The van der Waals surface area contributed by atoms with Crippen molar-refractivity contribution in [2.24, 2.45) is 5.92 Å². The van der Waals surface area contributed by atoms with Gasteiger partial charge in [-0.2, -0.15) is 4.98 Å². The van der Waals surface area contributed by atoms with Crippen molar-refractivity contribution in [2.45, 2.75) is 51.9 Å². The second-order valence-electron chi connectivity index (χ2n) is 4.98. The van der Waals surface area contributed by atoms with Crippen molar-refractivity contribution in [3.63, 3.8) is 0 Å². The van der Waals surface area contributed by atoms with E-state index in [1.54, 1.807) is 0 Å². The molecule has 17 heavy (non-hydrogen) atoms. The third-order valence-corrected chi connectivity index (χ3v) is 3.73. The van der Waals surface area contributed by atoms with E-state index in [0.717, 1.165) is 12.1 Å². The molecule has 0 aliphatic heterocycles. The number of nitrogen functional groups attached to an aromatic ring is 2. The molecule has 2 rings (SSSR count). The molecule has 0 bridgehead atoms. The third-order valence-electron chi connectivity index (χ3n) is 3.73. The summed E-state index contributed by atoms with van der Waals surface area (Å²) in [6, 6.07) is 0. The van der Waals surface area contributed by atoms with Crippen LogP contribution >= 0.6 is 0 Å². The first-order valence-electron chi connectivity index (χ1n) is 6.59. The van der Waals surface area contributed by atoms with Gasteiger partial charge in [0.15, 0.2) is 0 Å². The molecule has 1 aromatic heterocycles. The lowest BCUT2D eigenvalue weighted by Crippen LogP contribution is -2.10. The van der Waals surface area contributed by atoms with Crippen LogP contribution in [0, 0.1) is 5.92 Å². The minimum Gasteiger partial charge on any atom is -0.383 e. The summed E-state index contributed by atoms with van der Waals surface area (Å²) in [6.07, 6.45) is 5.82. The molecular formula is C13H22N4. The Morgan fingerprint density at radius 2 is 1.82 bits per heavy atom. The normalized spacial score (nSPS) is 22.7. The van der Waals surface area contributed by atoms with Crippen molar-refractivity contribution in [3.05, 3.63) is 11.3 Å². The van der Waals surface area contributed by atoms with Crippen LogP contribution in [0.4, 0.5) is 11.8 Å². The predicted octanol–water partition coefficient (Wildman–Crippen LogP) is 2.50. The summed E-state index contributed by atoms with van der Waals surface area (Å²) in [5, 5.41) is 0. The molecule has 0 fully saturated rings. The van der Waals surface area contributed by atoms with Gasteiger partial charge in [0.05, 0.1) is 5.69 Å². The molecule has 94 valence electrons. The second-order valence-corrected chi connectivity index (χ2v) is 4.98. The number of aromatic nitrogens is 2. The molecule has 2 unspecified atom stereocenters. The number of anilines is 2. The summed E-state index contributed by atoms with van der Waals surface area (Å²) in [5.74, 6) is 2.13. The summed E-state index contributed by atoms with van der Waals surface area (Å²) in [5.41, 5.74) is 14.0. The van der Waals surface area contributed by atoms with Gasteiger partial charge in [0.25, 0.3) is 0 Å². The Bertz CT molecular complexity index is 403. The maximum Gasteiger partial charge on any atom is 0.222 e. The van der Waals surface area contributed by atoms with Gasteiger partial charge in [0, 0.05) is 5.56 Å². The van der Waals surface area contributed by atoms with E-state index >= 15 is 0 Å². The average Bonchev–Trinajstić information content (AvgIpc) is 2.58. The molecule has 1 heterocycles. The van der Waals surface area contributed by atoms with Gasteiger partial charge in [-0.25, -0.2) is 4.98 Å². The predicted molar refractivity (Wildman–Crippen MR) is 70.6 cm³/mol. The van der Waals surface area contributed by atoms with Crippen molar-refractivity contribution >= 4 is 11.8 Å². The number of nitrogens with two attached hydrogens (primary N) is 2. The van der Waals surface area contributed by atoms with Crippen LogP contribution < -0.4 is 11.5 Å². The molecule has 0 saturated heterocycles. The topological polar surface area (TPSA) is 77.8 Å². The van der Waals surface area contributed by atoms with Crippen LogP contribution in [0.1, 0.15) is 56.7 Å². The maximum absolute atomic E-state index is 6.02. The van der Waals surface area contributed by atoms with Crippen LogP contribution in [0.3, 0.4) is 0 Å². The molecule has 0 spiro atoms. The fourth-order valence-corrected chi connectivity index (χ4v) is 3.11. The zero-order valence-electron chi connectivity index (χ0n) is 10.7. The van der Waals surface area contributed by atoms with Gasteiger partial charge in [-0.3, -0.25) is 0 Å². The van der Waals surface area contributed by atoms with Crippen LogP contribution in [0.25, 0.3) is 0 Å². The molecule has 0 aromatic carbocycles. The lowest BCUT2D eigenvalue weighted by molar-refractivity contribution is 0.399. The summed E-state index contributed by atoms with van der Waals surface area (Å²) < 4.78 is 0. The molecule has 4 nitrogen and oxygen atoms in total. The first kappa shape index (κ1) is 12.1. The highest BCUT2D eigenvalue weighted by atomic mass is 15.0. The Morgan fingerprint density at radius 3 is 2.47 bits per heavy atom. The summed E-state index contributed by atoms with van der Waals surface area (Å²) in [6.45, 7) is 4.45. The Kier molecular flexibility index (Phi) is 3.50. The Morgan fingerprint density at radius 1 is 1.12 bits per heavy atom. The molecule has 0 saturated carbocycles. The third kappa shape index (κ3) is 2.21. The number of hydrogen-bond donors (Lipinski definition) is 2. The van der Waals surface area contributed by atoms with Crippen molar-refractivity contribution in [2.75, 3.05) is 11.5 Å². The van der Waals surface area contributed by atoms with Gasteiger partial charge in [0.1, 0.15) is 5.82 Å². The minimum atomic E-state index is 0.314. The Balaban J connectivity index is 2.36. The Hall–Kier alpha value is -1.32. The monoisotopic (exact) mass is 234 g/mol. The van der Waals surface area contributed by atoms with Gasteiger partial charge < -0.3 is 11.5 Å². The van der Waals surface area contributed by atoms with Crippen molar-refractivity contribution in [1.29, 1.82) is 0 Å². The molecule has 4 N–H and O–H groups in total. The lowest BCUT2D eigenvalue weighted by Gasteiger charge is -2.19. The first-order valence-corrected chi connectivity index (χ1v) is 6.59. The standard InChI is InChI=1S/C13H22N4/c1-3-5-8-7-10-11(9(8)6-4-2)12(14)17-13(15)16-10/h8-9H,3-7H2,1-2H3,(H4,14,15,16,17). The molecule has 1 aliphatic carbocycles. The largest absolute Gasteiger partial charge is 0.383 e. The van der Waals surface area contributed by atoms with E-state index in [0.29, 0.717) is 23.6 Å². The van der Waals surface area contributed by atoms with Crippen LogP contribution in [0.15, 0.2) is 0 Å². The van der Waals surface area contributed by atoms with Crippen molar-refractivity contribution in [1.82, 2.24) is 9.97 Å². The highest BCUT2D eigenvalue weighted by Crippen LogP contribution is 2.44. The number of nitrogens with zero attached hydrogens (tertiary/aromatic N) is 2. The molecule has 2 atom stereocenters. The van der Waals surface area contributed by atoms with E-state index in [4.69, 9.17) is 11.5 Å². The summed E-state index contributed by atoms with van der Waals surface area (Å²) in [7, 11) is 0. The molecule has 1 aromatic rings. The second kappa shape index (κ2) is 4.90. The maximum atomic E-state index is 6.02. The van der Waals surface area contributed by atoms with E-state index in [1.807, 2.05) is 0 Å². The van der Waals surface area contributed by atoms with Crippen LogP contribution in [0.2, 0.25) is 0 Å². The fraction of sp³-hybridized carbons (Fsp3) is 0.692. The fourth-order valence-electron chi connectivity index (χ4n) is 3.11. The van der Waals surface area contributed by atoms with Gasteiger partial charge >= 0.3 is 0 Å². The van der Waals surface area contributed by atoms with Gasteiger partial charge in [-0.1, -0.05) is 26.7 Å². The van der Waals surface area contributed by atoms with Crippen LogP contribution in [0.5, 0.6) is 0 Å². The van der Waals surface area contributed by atoms with Crippen molar-refractivity contribution < 1.29 is 0 Å². The number of hydrogen-bond acceptors (Lipinski definition) is 4. The number of rotatable bonds is 4. The van der Waals surface area contributed by atoms with Gasteiger partial charge in [-0.05, 0) is 31.1 Å². The van der Waals surface area contributed by atoms with Gasteiger partial charge in [-0.15, -0.1) is 0 Å². The molecule has 1 aliphatic rings. The molecule has 4 heteroatoms. The lowest BCUT2D eigenvalue weighted by atomic mass is 9.86. The molecule has 0 radical (unpaired) electrons. The van der Waals surface area contributed by atoms with Crippen LogP contribution in [-0.2, 0) is 6.42 Å². The summed E-state index contributed by atoms with van der Waals surface area (Å²) >= 11 is 0. The zero-order valence-corrected chi connectivity index (χ0v) is 10.7.